The maximum Gasteiger partial charge on any atom is 0.257 e. The quantitative estimate of drug-likeness (QED) is 0.873. The summed E-state index contributed by atoms with van der Waals surface area (Å²) in [5, 5.41) is 10.9. The number of hydrogen-bond acceptors (Lipinski definition) is 2. The molecule has 1 amide bonds. The van der Waals surface area contributed by atoms with Gasteiger partial charge in [0.25, 0.3) is 5.91 Å². The lowest BCUT2D eigenvalue weighted by Crippen LogP contribution is -2.13. The third kappa shape index (κ3) is 3.56. The summed E-state index contributed by atoms with van der Waals surface area (Å²) in [5.74, 6) is -2.90. The lowest BCUT2D eigenvalue weighted by atomic mass is 10.1. The van der Waals surface area contributed by atoms with Gasteiger partial charge < -0.3 is 5.32 Å². The van der Waals surface area contributed by atoms with E-state index in [0.29, 0.717) is 5.69 Å². The summed E-state index contributed by atoms with van der Waals surface area (Å²) in [4.78, 5) is 12.0. The molecular formula is C15H9ClF2N2O. The first-order valence-electron chi connectivity index (χ1n) is 5.93. The average molecular weight is 307 g/mol. The zero-order chi connectivity index (χ0) is 15.4. The highest BCUT2D eigenvalue weighted by Crippen LogP contribution is 2.21. The van der Waals surface area contributed by atoms with E-state index in [2.05, 4.69) is 5.32 Å². The Kier molecular flexibility index (Phi) is 4.51. The van der Waals surface area contributed by atoms with Gasteiger partial charge in [-0.15, -0.1) is 0 Å². The predicted octanol–water partition coefficient (Wildman–Crippen LogP) is 3.94. The second-order valence-corrected chi connectivity index (χ2v) is 4.64. The number of amides is 1. The van der Waals surface area contributed by atoms with E-state index in [1.54, 1.807) is 24.3 Å². The van der Waals surface area contributed by atoms with E-state index in [4.69, 9.17) is 16.9 Å². The Labute approximate surface area is 124 Å². The first-order valence-corrected chi connectivity index (χ1v) is 6.31. The molecule has 0 aliphatic carbocycles. The van der Waals surface area contributed by atoms with Gasteiger partial charge in [0, 0.05) is 5.69 Å². The molecule has 3 nitrogen and oxygen atoms in total. The van der Waals surface area contributed by atoms with Crippen LogP contribution in [0, 0.1) is 23.0 Å². The molecular weight excluding hydrogens is 298 g/mol. The molecule has 2 rings (SSSR count). The summed E-state index contributed by atoms with van der Waals surface area (Å²) in [7, 11) is 0. The van der Waals surface area contributed by atoms with Gasteiger partial charge in [-0.3, -0.25) is 4.79 Å². The van der Waals surface area contributed by atoms with Crippen LogP contribution in [0.25, 0.3) is 0 Å². The molecule has 6 heteroatoms. The van der Waals surface area contributed by atoms with Crippen molar-refractivity contribution in [2.24, 2.45) is 0 Å². The lowest BCUT2D eigenvalue weighted by molar-refractivity contribution is 0.102. The molecule has 1 N–H and O–H groups in total. The lowest BCUT2D eigenvalue weighted by Gasteiger charge is -2.08. The van der Waals surface area contributed by atoms with E-state index in [1.807, 2.05) is 6.07 Å². The first-order chi connectivity index (χ1) is 10.0. The maximum absolute atomic E-state index is 13.2. The molecule has 21 heavy (non-hydrogen) atoms. The SMILES string of the molecule is N#CCc1ccc(NC(=O)c2cc(F)c(F)cc2Cl)cc1. The van der Waals surface area contributed by atoms with Crippen molar-refractivity contribution < 1.29 is 13.6 Å². The predicted molar refractivity (Wildman–Crippen MR) is 75.1 cm³/mol. The number of nitrogens with zero attached hydrogens (tertiary/aromatic N) is 1. The Morgan fingerprint density at radius 3 is 2.43 bits per heavy atom. The average Bonchev–Trinajstić information content (AvgIpc) is 2.45. The van der Waals surface area contributed by atoms with Crippen molar-refractivity contribution in [2.45, 2.75) is 6.42 Å². The number of nitriles is 1. The number of hydrogen-bond donors (Lipinski definition) is 1. The summed E-state index contributed by atoms with van der Waals surface area (Å²) in [6, 6.07) is 10.1. The van der Waals surface area contributed by atoms with Gasteiger partial charge in [-0.25, -0.2) is 8.78 Å². The fourth-order valence-electron chi connectivity index (χ4n) is 1.69. The first kappa shape index (κ1) is 14.9. The topological polar surface area (TPSA) is 52.9 Å². The van der Waals surface area contributed by atoms with Crippen LogP contribution in [0.3, 0.4) is 0 Å². The van der Waals surface area contributed by atoms with E-state index < -0.39 is 17.5 Å². The van der Waals surface area contributed by atoms with Crippen molar-refractivity contribution in [2.75, 3.05) is 5.32 Å². The van der Waals surface area contributed by atoms with Gasteiger partial charge in [0.1, 0.15) is 0 Å². The number of halogens is 3. The third-order valence-electron chi connectivity index (χ3n) is 2.75. The Bertz CT molecular complexity index is 724. The molecule has 2 aromatic carbocycles. The van der Waals surface area contributed by atoms with Crippen molar-refractivity contribution >= 4 is 23.2 Å². The summed E-state index contributed by atoms with van der Waals surface area (Å²) < 4.78 is 26.1. The molecule has 2 aromatic rings. The molecule has 106 valence electrons. The van der Waals surface area contributed by atoms with Crippen LogP contribution in [0.5, 0.6) is 0 Å². The van der Waals surface area contributed by atoms with Crippen molar-refractivity contribution in [3.05, 3.63) is 64.2 Å². The van der Waals surface area contributed by atoms with Gasteiger partial charge in [-0.2, -0.15) is 5.26 Å². The molecule has 0 saturated heterocycles. The van der Waals surface area contributed by atoms with Crippen LogP contribution in [0.2, 0.25) is 5.02 Å². The van der Waals surface area contributed by atoms with E-state index in [9.17, 15) is 13.6 Å². The zero-order valence-electron chi connectivity index (χ0n) is 10.7. The van der Waals surface area contributed by atoms with Crippen LogP contribution >= 0.6 is 11.6 Å². The number of carbonyl (C=O) groups excluding carboxylic acids is 1. The highest BCUT2D eigenvalue weighted by Gasteiger charge is 2.15. The highest BCUT2D eigenvalue weighted by atomic mass is 35.5. The molecule has 0 unspecified atom stereocenters. The Hall–Kier alpha value is -2.45. The smallest absolute Gasteiger partial charge is 0.257 e. The molecule has 0 heterocycles. The highest BCUT2D eigenvalue weighted by molar-refractivity contribution is 6.34. The van der Waals surface area contributed by atoms with Gasteiger partial charge in [0.05, 0.1) is 23.1 Å². The van der Waals surface area contributed by atoms with Crippen LogP contribution in [0.1, 0.15) is 15.9 Å². The van der Waals surface area contributed by atoms with Crippen LogP contribution in [0.4, 0.5) is 14.5 Å². The molecule has 0 aliphatic rings. The van der Waals surface area contributed by atoms with Crippen LogP contribution in [-0.2, 0) is 6.42 Å². The van der Waals surface area contributed by atoms with E-state index >= 15 is 0 Å². The summed E-state index contributed by atoms with van der Waals surface area (Å²) in [6.07, 6.45) is 0.267. The van der Waals surface area contributed by atoms with E-state index in [0.717, 1.165) is 17.7 Å². The molecule has 0 atom stereocenters. The number of benzene rings is 2. The fourth-order valence-corrected chi connectivity index (χ4v) is 1.93. The second-order valence-electron chi connectivity index (χ2n) is 4.23. The third-order valence-corrected chi connectivity index (χ3v) is 3.06. The van der Waals surface area contributed by atoms with Crippen molar-refractivity contribution in [3.63, 3.8) is 0 Å². The minimum atomic E-state index is -1.14. The summed E-state index contributed by atoms with van der Waals surface area (Å²) >= 11 is 5.73. The van der Waals surface area contributed by atoms with Crippen molar-refractivity contribution in [3.8, 4) is 6.07 Å². The van der Waals surface area contributed by atoms with Gasteiger partial charge >= 0.3 is 0 Å². The number of carbonyl (C=O) groups is 1. The number of anilines is 1. The molecule has 0 bridgehead atoms. The molecule has 0 aliphatic heterocycles. The van der Waals surface area contributed by atoms with Crippen LogP contribution in [0.15, 0.2) is 36.4 Å². The Balaban J connectivity index is 2.18. The molecule has 0 saturated carbocycles. The normalized spacial score (nSPS) is 10.0. The van der Waals surface area contributed by atoms with Gasteiger partial charge in [0.2, 0.25) is 0 Å². The minimum Gasteiger partial charge on any atom is -0.322 e. The monoisotopic (exact) mass is 306 g/mol. The molecule has 0 spiro atoms. The second kappa shape index (κ2) is 6.33. The van der Waals surface area contributed by atoms with Gasteiger partial charge in [0.15, 0.2) is 11.6 Å². The summed E-state index contributed by atoms with van der Waals surface area (Å²) in [6.45, 7) is 0. The standard InChI is InChI=1S/C15H9ClF2N2O/c16-12-8-14(18)13(17)7-11(12)15(21)20-10-3-1-9(2-4-10)5-6-19/h1-4,7-8H,5H2,(H,20,21). The number of nitrogens with one attached hydrogen (secondary N) is 1. The Morgan fingerprint density at radius 2 is 1.81 bits per heavy atom. The Morgan fingerprint density at radius 1 is 1.19 bits per heavy atom. The van der Waals surface area contributed by atoms with Gasteiger partial charge in [-0.05, 0) is 29.8 Å². The largest absolute Gasteiger partial charge is 0.322 e. The van der Waals surface area contributed by atoms with Crippen LogP contribution < -0.4 is 5.32 Å². The molecule has 0 fully saturated rings. The van der Waals surface area contributed by atoms with E-state index in [-0.39, 0.29) is 17.0 Å². The fraction of sp³-hybridized carbons (Fsp3) is 0.0667. The molecule has 0 aromatic heterocycles. The maximum atomic E-state index is 13.2. The van der Waals surface area contributed by atoms with Crippen LogP contribution in [-0.4, -0.2) is 5.91 Å². The van der Waals surface area contributed by atoms with Crippen molar-refractivity contribution in [1.29, 1.82) is 5.26 Å². The molecule has 0 radical (unpaired) electrons. The zero-order valence-corrected chi connectivity index (χ0v) is 11.4. The number of rotatable bonds is 3. The minimum absolute atomic E-state index is 0.156. The van der Waals surface area contributed by atoms with E-state index in [1.165, 1.54) is 0 Å². The van der Waals surface area contributed by atoms with Crippen molar-refractivity contribution in [1.82, 2.24) is 0 Å². The summed E-state index contributed by atoms with van der Waals surface area (Å²) in [5.41, 5.74) is 1.11. The van der Waals surface area contributed by atoms with Gasteiger partial charge in [-0.1, -0.05) is 23.7 Å².